The van der Waals surface area contributed by atoms with Crippen LogP contribution in [0.3, 0.4) is 0 Å². The van der Waals surface area contributed by atoms with Gasteiger partial charge in [0.1, 0.15) is 5.15 Å². The Bertz CT molecular complexity index is 1810. The smallest absolute Gasteiger partial charge is 0.280 e. The summed E-state index contributed by atoms with van der Waals surface area (Å²) in [6, 6.07) is 17.7. The number of halogens is 1. The van der Waals surface area contributed by atoms with Gasteiger partial charge in [-0.2, -0.15) is 0 Å². The third-order valence-corrected chi connectivity index (χ3v) is 5.83. The van der Waals surface area contributed by atoms with Gasteiger partial charge in [0.05, 0.1) is 38.8 Å². The van der Waals surface area contributed by atoms with Gasteiger partial charge in [-0.25, -0.2) is 4.98 Å². The van der Waals surface area contributed by atoms with E-state index in [0.717, 1.165) is 32.8 Å². The van der Waals surface area contributed by atoms with Gasteiger partial charge < -0.3 is 5.73 Å². The summed E-state index contributed by atoms with van der Waals surface area (Å²) in [7, 11) is 0. The van der Waals surface area contributed by atoms with Gasteiger partial charge in [-0.3, -0.25) is 29.9 Å². The fourth-order valence-corrected chi connectivity index (χ4v) is 4.27. The highest BCUT2D eigenvalue weighted by molar-refractivity contribution is 6.30. The number of nitro groups is 1. The number of rotatable bonds is 3. The zero-order valence-electron chi connectivity index (χ0n) is 18.6. The quantitative estimate of drug-likeness (QED) is 0.154. The monoisotopic (exact) mass is 496 g/mol. The molecule has 176 valence electrons. The molecule has 1 amide bonds. The van der Waals surface area contributed by atoms with Crippen LogP contribution in [0.2, 0.25) is 5.15 Å². The van der Waals surface area contributed by atoms with Crippen molar-refractivity contribution < 1.29 is 9.72 Å². The number of hydrogen-bond donors (Lipinski definition) is 1. The van der Waals surface area contributed by atoms with Crippen LogP contribution < -0.4 is 5.73 Å². The first kappa shape index (κ1) is 23.0. The molecule has 6 rings (SSSR count). The fourth-order valence-electron chi connectivity index (χ4n) is 4.13. The summed E-state index contributed by atoms with van der Waals surface area (Å²) in [5, 5.41) is 14.6. The molecule has 0 fully saturated rings. The highest BCUT2D eigenvalue weighted by Gasteiger charge is 2.15. The number of amides is 1. The van der Waals surface area contributed by atoms with Gasteiger partial charge in [0, 0.05) is 40.8 Å². The maximum absolute atomic E-state index is 11.2. The van der Waals surface area contributed by atoms with Crippen LogP contribution in [0.1, 0.15) is 5.56 Å². The molecule has 0 atom stereocenters. The van der Waals surface area contributed by atoms with E-state index in [1.807, 2.05) is 30.3 Å². The molecule has 6 aromatic rings. The summed E-state index contributed by atoms with van der Waals surface area (Å²) in [4.78, 5) is 38.8. The van der Waals surface area contributed by atoms with Crippen LogP contribution in [0, 0.1) is 10.1 Å². The lowest BCUT2D eigenvalue weighted by molar-refractivity contribution is -0.383. The Morgan fingerprint density at radius 2 is 1.44 bits per heavy atom. The molecule has 0 unspecified atom stereocenters. The van der Waals surface area contributed by atoms with Crippen molar-refractivity contribution in [3.8, 4) is 0 Å². The predicted octanol–water partition coefficient (Wildman–Crippen LogP) is 5.16. The highest BCUT2D eigenvalue weighted by atomic mass is 35.5. The number of non-ortho nitro benzene ring substituents is 1. The molecule has 0 aliphatic heterocycles. The van der Waals surface area contributed by atoms with E-state index in [-0.39, 0.29) is 18.0 Å². The van der Waals surface area contributed by atoms with Gasteiger partial charge in [0.25, 0.3) is 5.69 Å². The highest BCUT2D eigenvalue weighted by Crippen LogP contribution is 2.30. The van der Waals surface area contributed by atoms with Crippen LogP contribution in [-0.4, -0.2) is 30.8 Å². The van der Waals surface area contributed by atoms with E-state index in [1.165, 1.54) is 6.07 Å². The lowest BCUT2D eigenvalue weighted by Crippen LogP contribution is -2.14. The Labute approximate surface area is 208 Å². The van der Waals surface area contributed by atoms with E-state index < -0.39 is 4.92 Å². The summed E-state index contributed by atoms with van der Waals surface area (Å²) < 4.78 is 0. The van der Waals surface area contributed by atoms with Gasteiger partial charge in [-0.1, -0.05) is 11.6 Å². The topological polar surface area (TPSA) is 138 Å². The number of nitrogens with two attached hydrogens (primary N) is 1. The van der Waals surface area contributed by atoms with Crippen molar-refractivity contribution in [2.75, 3.05) is 0 Å². The molecule has 0 radical (unpaired) electrons. The third-order valence-electron chi connectivity index (χ3n) is 5.62. The van der Waals surface area contributed by atoms with Gasteiger partial charge in [0.15, 0.2) is 0 Å². The molecule has 0 saturated heterocycles. The van der Waals surface area contributed by atoms with Crippen LogP contribution in [-0.2, 0) is 11.2 Å². The second-order valence-corrected chi connectivity index (χ2v) is 8.29. The van der Waals surface area contributed by atoms with Crippen molar-refractivity contribution in [3.05, 3.63) is 100 Å². The molecule has 0 bridgehead atoms. The zero-order valence-corrected chi connectivity index (χ0v) is 19.4. The number of benzene rings is 2. The number of pyridine rings is 4. The van der Waals surface area contributed by atoms with Gasteiger partial charge >= 0.3 is 0 Å². The Balaban J connectivity index is 0.000000149. The summed E-state index contributed by atoms with van der Waals surface area (Å²) in [5.74, 6) is -0.383. The lowest BCUT2D eigenvalue weighted by Gasteiger charge is -2.08. The van der Waals surface area contributed by atoms with Crippen LogP contribution in [0.15, 0.2) is 79.3 Å². The molecule has 10 heteroatoms. The fraction of sp³-hybridized carbons (Fsp3) is 0.0385. The van der Waals surface area contributed by atoms with Gasteiger partial charge in [0.2, 0.25) is 5.91 Å². The van der Waals surface area contributed by atoms with E-state index in [4.69, 9.17) is 17.3 Å². The van der Waals surface area contributed by atoms with E-state index in [0.29, 0.717) is 21.6 Å². The van der Waals surface area contributed by atoms with Crippen LogP contribution in [0.5, 0.6) is 0 Å². The summed E-state index contributed by atoms with van der Waals surface area (Å²) >= 11 is 5.95. The first-order chi connectivity index (χ1) is 17.4. The third kappa shape index (κ3) is 4.35. The maximum atomic E-state index is 11.2. The number of fused-ring (bicyclic) bond motifs is 6. The van der Waals surface area contributed by atoms with Gasteiger partial charge in [-0.05, 0) is 60.2 Å². The summed E-state index contributed by atoms with van der Waals surface area (Å²) in [6.45, 7) is 0. The normalized spacial score (nSPS) is 10.9. The average molecular weight is 497 g/mol. The first-order valence-corrected chi connectivity index (χ1v) is 11.2. The number of hydrogen-bond acceptors (Lipinski definition) is 7. The summed E-state index contributed by atoms with van der Waals surface area (Å²) in [6.07, 6.45) is 5.10. The second kappa shape index (κ2) is 9.47. The van der Waals surface area contributed by atoms with Crippen LogP contribution >= 0.6 is 11.6 Å². The minimum absolute atomic E-state index is 0.0410. The van der Waals surface area contributed by atoms with E-state index in [1.54, 1.807) is 42.9 Å². The zero-order chi connectivity index (χ0) is 25.2. The lowest BCUT2D eigenvalue weighted by atomic mass is 10.0. The first-order valence-electron chi connectivity index (χ1n) is 10.8. The number of primary amides is 1. The molecule has 0 saturated carbocycles. The van der Waals surface area contributed by atoms with E-state index in [2.05, 4.69) is 19.9 Å². The molecular weight excluding hydrogens is 480 g/mol. The Morgan fingerprint density at radius 3 is 2.11 bits per heavy atom. The van der Waals surface area contributed by atoms with E-state index >= 15 is 0 Å². The number of aromatic nitrogens is 4. The molecule has 2 aromatic carbocycles. The number of nitro benzene ring substituents is 1. The van der Waals surface area contributed by atoms with Gasteiger partial charge in [-0.15, -0.1) is 0 Å². The molecule has 0 spiro atoms. The molecule has 0 aliphatic carbocycles. The molecule has 9 nitrogen and oxygen atoms in total. The van der Waals surface area contributed by atoms with Crippen molar-refractivity contribution in [1.29, 1.82) is 0 Å². The SMILES string of the molecule is NC(=O)Cc1cc2ncccc2c2nc(Cl)ccc12.O=[N+]([O-])c1cc2ncccc2c2ncccc12. The Kier molecular flexibility index (Phi) is 6.05. The molecule has 2 N–H and O–H groups in total. The standard InChI is InChI=1S/C14H10ClN3O.C12H7N3O2/c15-12-4-3-9-8(7-13(16)19)6-11-10(14(9)18-12)2-1-5-17-11;16-15(17)11-7-10-8(3-1-5-13-10)12-9(11)4-2-6-14-12/h1-6H,7H2,(H2,16,19);1-7H. The number of carbonyl (C=O) groups excluding carboxylic acids is 1. The number of carbonyl (C=O) groups is 1. The Hall–Kier alpha value is -4.76. The molecule has 4 heterocycles. The molecule has 4 aromatic heterocycles. The molecular formula is C26H17ClN6O3. The second-order valence-electron chi connectivity index (χ2n) is 7.90. The average Bonchev–Trinajstić information content (AvgIpc) is 2.88. The number of nitrogens with zero attached hydrogens (tertiary/aromatic N) is 5. The van der Waals surface area contributed by atoms with Crippen molar-refractivity contribution in [2.24, 2.45) is 5.73 Å². The van der Waals surface area contributed by atoms with Crippen molar-refractivity contribution in [2.45, 2.75) is 6.42 Å². The van der Waals surface area contributed by atoms with E-state index in [9.17, 15) is 14.9 Å². The van der Waals surface area contributed by atoms with Crippen LogP contribution in [0.25, 0.3) is 43.6 Å². The minimum atomic E-state index is -0.405. The van der Waals surface area contributed by atoms with Crippen molar-refractivity contribution >= 4 is 66.8 Å². The van der Waals surface area contributed by atoms with Crippen molar-refractivity contribution in [3.63, 3.8) is 0 Å². The minimum Gasteiger partial charge on any atom is -0.369 e. The maximum Gasteiger partial charge on any atom is 0.280 e. The summed E-state index contributed by atoms with van der Waals surface area (Å²) in [5.41, 5.74) is 8.87. The molecule has 36 heavy (non-hydrogen) atoms. The van der Waals surface area contributed by atoms with Crippen molar-refractivity contribution in [1.82, 2.24) is 19.9 Å². The largest absolute Gasteiger partial charge is 0.369 e. The Morgan fingerprint density at radius 1 is 0.833 bits per heavy atom. The van der Waals surface area contributed by atoms with Crippen LogP contribution in [0.4, 0.5) is 5.69 Å². The molecule has 0 aliphatic rings. The predicted molar refractivity (Wildman–Crippen MR) is 139 cm³/mol.